The Labute approximate surface area is 407 Å². The third kappa shape index (κ3) is 5.18. The number of fused-ring (bicyclic) bond motifs is 10. The lowest BCUT2D eigenvalue weighted by Crippen LogP contribution is -2.14. The monoisotopic (exact) mass is 892 g/mol. The van der Waals surface area contributed by atoms with Gasteiger partial charge in [0.25, 0.3) is 0 Å². The first kappa shape index (κ1) is 39.5. The molecule has 0 radical (unpaired) electrons. The molecule has 0 N–H and O–H groups in total. The van der Waals surface area contributed by atoms with Crippen LogP contribution in [0.5, 0.6) is 0 Å². The van der Waals surface area contributed by atoms with E-state index in [4.69, 9.17) is 0 Å². The van der Waals surface area contributed by atoms with Gasteiger partial charge in [-0.15, -0.1) is 0 Å². The van der Waals surface area contributed by atoms with Gasteiger partial charge in [0.15, 0.2) is 0 Å². The molecule has 2 heterocycles. The average Bonchev–Trinajstić information content (AvgIpc) is 4.08. The molecular weight excluding hydrogens is 845 g/mol. The van der Waals surface area contributed by atoms with E-state index in [1.807, 2.05) is 0 Å². The molecule has 0 spiro atoms. The SMILES string of the molecule is CC1(C)c2ccccc2-c2c1c1cc(-c3cc(-c4ccc5c(c4)c4c(n5-c5ccccc5)-c5ccccc5C4(C)C)c4ccc5c(-c6ccccc6)ccc6ccc3c4c65)ccc1n2-c1ccccc1. The Kier molecular flexibility index (Phi) is 7.94. The van der Waals surface area contributed by atoms with Crippen LogP contribution in [0.2, 0.25) is 0 Å². The van der Waals surface area contributed by atoms with Crippen LogP contribution in [-0.2, 0) is 10.8 Å². The average molecular weight is 893 g/mol. The number of nitrogens with zero attached hydrogens (tertiary/aromatic N) is 2. The summed E-state index contributed by atoms with van der Waals surface area (Å²) in [6.45, 7) is 9.65. The van der Waals surface area contributed by atoms with Crippen LogP contribution in [0.1, 0.15) is 49.9 Å². The molecule has 330 valence electrons. The van der Waals surface area contributed by atoms with Gasteiger partial charge in [-0.25, -0.2) is 0 Å². The lowest BCUT2D eigenvalue weighted by Gasteiger charge is -2.22. The molecule has 0 unspecified atom stereocenters. The quantitative estimate of drug-likeness (QED) is 0.152. The van der Waals surface area contributed by atoms with Gasteiger partial charge in [0, 0.05) is 44.1 Å². The van der Waals surface area contributed by atoms with Crippen molar-refractivity contribution in [3.8, 4) is 67.3 Å². The van der Waals surface area contributed by atoms with Crippen LogP contribution in [0, 0.1) is 0 Å². The van der Waals surface area contributed by atoms with Crippen molar-refractivity contribution in [1.82, 2.24) is 9.13 Å². The van der Waals surface area contributed by atoms with Gasteiger partial charge in [-0.3, -0.25) is 0 Å². The van der Waals surface area contributed by atoms with Gasteiger partial charge in [-0.2, -0.15) is 0 Å². The van der Waals surface area contributed by atoms with Crippen molar-refractivity contribution < 1.29 is 0 Å². The Morgan fingerprint density at radius 2 is 0.729 bits per heavy atom. The van der Waals surface area contributed by atoms with Gasteiger partial charge in [0.2, 0.25) is 0 Å². The molecule has 0 amide bonds. The highest BCUT2D eigenvalue weighted by molar-refractivity contribution is 6.30. The molecule has 0 aliphatic heterocycles. The summed E-state index contributed by atoms with van der Waals surface area (Å²) < 4.78 is 5.02. The van der Waals surface area contributed by atoms with E-state index in [9.17, 15) is 0 Å². The molecule has 2 aliphatic carbocycles. The highest BCUT2D eigenvalue weighted by Gasteiger charge is 2.42. The van der Waals surface area contributed by atoms with Crippen molar-refractivity contribution in [3.63, 3.8) is 0 Å². The minimum absolute atomic E-state index is 0.191. The molecule has 2 aromatic heterocycles. The van der Waals surface area contributed by atoms with Crippen molar-refractivity contribution in [2.24, 2.45) is 0 Å². The summed E-state index contributed by atoms with van der Waals surface area (Å²) in [5.41, 5.74) is 22.7. The Bertz CT molecular complexity index is 4110. The predicted molar refractivity (Wildman–Crippen MR) is 295 cm³/mol. The van der Waals surface area contributed by atoms with E-state index < -0.39 is 0 Å². The number of aromatic nitrogens is 2. The van der Waals surface area contributed by atoms with Gasteiger partial charge in [0.1, 0.15) is 0 Å². The fourth-order valence-corrected chi connectivity index (χ4v) is 13.4. The summed E-state index contributed by atoms with van der Waals surface area (Å²) in [4.78, 5) is 0. The third-order valence-electron chi connectivity index (χ3n) is 16.4. The number of para-hydroxylation sites is 2. The van der Waals surface area contributed by atoms with Gasteiger partial charge in [0.05, 0.1) is 22.4 Å². The number of hydrogen-bond acceptors (Lipinski definition) is 0. The first-order valence-corrected chi connectivity index (χ1v) is 24.8. The number of benzene rings is 11. The molecule has 70 heavy (non-hydrogen) atoms. The maximum Gasteiger partial charge on any atom is 0.0584 e. The first-order valence-electron chi connectivity index (χ1n) is 24.8. The van der Waals surface area contributed by atoms with Crippen LogP contribution >= 0.6 is 0 Å². The first-order chi connectivity index (χ1) is 34.3. The van der Waals surface area contributed by atoms with Crippen LogP contribution in [-0.4, -0.2) is 9.13 Å². The molecule has 13 aromatic rings. The minimum atomic E-state index is -0.191. The fourth-order valence-electron chi connectivity index (χ4n) is 13.4. The van der Waals surface area contributed by atoms with Crippen molar-refractivity contribution in [3.05, 3.63) is 241 Å². The third-order valence-corrected chi connectivity index (χ3v) is 16.4. The Morgan fingerprint density at radius 3 is 1.24 bits per heavy atom. The van der Waals surface area contributed by atoms with Crippen molar-refractivity contribution in [2.75, 3.05) is 0 Å². The number of rotatable bonds is 5. The largest absolute Gasteiger partial charge is 0.309 e. The predicted octanol–water partition coefficient (Wildman–Crippen LogP) is 18.1. The van der Waals surface area contributed by atoms with E-state index in [1.165, 1.54) is 144 Å². The summed E-state index contributed by atoms with van der Waals surface area (Å²) in [7, 11) is 0. The highest BCUT2D eigenvalue weighted by atomic mass is 15.0. The molecule has 0 saturated heterocycles. The van der Waals surface area contributed by atoms with E-state index in [0.29, 0.717) is 0 Å². The molecule has 2 aliphatic rings. The Hall–Kier alpha value is -8.46. The lowest BCUT2D eigenvalue weighted by molar-refractivity contribution is 0.666. The van der Waals surface area contributed by atoms with Crippen LogP contribution < -0.4 is 0 Å². The topological polar surface area (TPSA) is 9.86 Å². The van der Waals surface area contributed by atoms with Crippen molar-refractivity contribution in [2.45, 2.75) is 38.5 Å². The van der Waals surface area contributed by atoms with Crippen molar-refractivity contribution >= 4 is 54.1 Å². The molecule has 0 bridgehead atoms. The molecule has 2 nitrogen and oxygen atoms in total. The zero-order chi connectivity index (χ0) is 46.6. The van der Waals surface area contributed by atoms with Crippen LogP contribution in [0.3, 0.4) is 0 Å². The fraction of sp³-hybridized carbons (Fsp3) is 0.0882. The molecule has 0 fully saturated rings. The maximum absolute atomic E-state index is 2.52. The molecular formula is C68H48N2. The second kappa shape index (κ2) is 14.1. The maximum atomic E-state index is 2.52. The summed E-state index contributed by atoms with van der Waals surface area (Å²) in [6.07, 6.45) is 0. The van der Waals surface area contributed by atoms with Gasteiger partial charge in [-0.05, 0) is 143 Å². The smallest absolute Gasteiger partial charge is 0.0584 e. The zero-order valence-corrected chi connectivity index (χ0v) is 39.7. The van der Waals surface area contributed by atoms with Crippen LogP contribution in [0.4, 0.5) is 0 Å². The molecule has 15 rings (SSSR count). The minimum Gasteiger partial charge on any atom is -0.309 e. The summed E-state index contributed by atoms with van der Waals surface area (Å²) in [5, 5.41) is 10.3. The summed E-state index contributed by atoms with van der Waals surface area (Å²) in [6, 6.07) is 82.1. The van der Waals surface area contributed by atoms with Crippen LogP contribution in [0.15, 0.2) is 218 Å². The second-order valence-corrected chi connectivity index (χ2v) is 20.8. The standard InChI is InChI=1S/C68H48N2/c1-67(2)57-26-16-14-24-51(57)65-63(67)55-38-43(30-36-59(55)69(65)45-20-10-6-11-21-45)53-40-54(50-35-34-48-47(41-18-8-5-9-19-41)32-28-42-29-33-49(53)62(50)61(42)48)44-31-37-60-56(39-44)64-66(70(60)46-22-12-7-13-23-46)52-25-15-17-27-58(52)68(64,3)4/h5-40H,1-4H3. The van der Waals surface area contributed by atoms with E-state index in [-0.39, 0.29) is 10.8 Å². The van der Waals surface area contributed by atoms with E-state index >= 15 is 0 Å². The second-order valence-electron chi connectivity index (χ2n) is 20.8. The van der Waals surface area contributed by atoms with Gasteiger partial charge in [-0.1, -0.05) is 191 Å². The van der Waals surface area contributed by atoms with E-state index in [1.54, 1.807) is 0 Å². The molecule has 11 aromatic carbocycles. The van der Waals surface area contributed by atoms with Crippen molar-refractivity contribution in [1.29, 1.82) is 0 Å². The van der Waals surface area contributed by atoms with E-state index in [2.05, 4.69) is 255 Å². The highest BCUT2D eigenvalue weighted by Crippen LogP contribution is 2.57. The van der Waals surface area contributed by atoms with Gasteiger partial charge >= 0.3 is 0 Å². The number of hydrogen-bond donors (Lipinski definition) is 0. The van der Waals surface area contributed by atoms with Gasteiger partial charge < -0.3 is 9.13 Å². The Balaban J connectivity index is 1.04. The normalized spacial score (nSPS) is 14.2. The molecule has 0 saturated carbocycles. The van der Waals surface area contributed by atoms with E-state index in [0.717, 1.165) is 0 Å². The van der Waals surface area contributed by atoms with Crippen LogP contribution in [0.25, 0.3) is 121 Å². The molecule has 2 heteroatoms. The lowest BCUT2D eigenvalue weighted by atomic mass is 9.80. The summed E-state index contributed by atoms with van der Waals surface area (Å²) >= 11 is 0. The Morgan fingerprint density at radius 1 is 0.300 bits per heavy atom. The summed E-state index contributed by atoms with van der Waals surface area (Å²) in [5.74, 6) is 0. The molecule has 0 atom stereocenters. The zero-order valence-electron chi connectivity index (χ0n) is 39.7.